The van der Waals surface area contributed by atoms with Gasteiger partial charge < -0.3 is 15.4 Å². The van der Waals surface area contributed by atoms with Crippen LogP contribution in [0.2, 0.25) is 0 Å². The maximum atomic E-state index is 11.5. The lowest BCUT2D eigenvalue weighted by Crippen LogP contribution is -2.33. The Balaban J connectivity index is 2.12. The van der Waals surface area contributed by atoms with Gasteiger partial charge in [0.1, 0.15) is 5.75 Å². The summed E-state index contributed by atoms with van der Waals surface area (Å²) in [7, 11) is 0. The van der Waals surface area contributed by atoms with Crippen LogP contribution in [0.1, 0.15) is 37.0 Å². The summed E-state index contributed by atoms with van der Waals surface area (Å²) in [4.78, 5) is 33.3. The second-order valence-electron chi connectivity index (χ2n) is 4.87. The molecule has 0 fully saturated rings. The predicted octanol–water partition coefficient (Wildman–Crippen LogP) is 1.30. The first kappa shape index (κ1) is 17.7. The molecule has 0 bridgehead atoms. The van der Waals surface area contributed by atoms with E-state index in [0.717, 1.165) is 0 Å². The Bertz CT molecular complexity index is 511. The quantitative estimate of drug-likeness (QED) is 0.532. The van der Waals surface area contributed by atoms with Crippen molar-refractivity contribution in [2.75, 3.05) is 19.7 Å². The molecule has 1 rings (SSSR count). The molecule has 0 aliphatic rings. The largest absolute Gasteiger partial charge is 0.494 e. The predicted molar refractivity (Wildman–Crippen MR) is 82.9 cm³/mol. The van der Waals surface area contributed by atoms with Crippen molar-refractivity contribution in [1.29, 1.82) is 0 Å². The molecular formula is C16H22N2O4. The fourth-order valence-corrected chi connectivity index (χ4v) is 1.74. The molecule has 2 amide bonds. The van der Waals surface area contributed by atoms with Crippen molar-refractivity contribution in [3.05, 3.63) is 29.8 Å². The smallest absolute Gasteiger partial charge is 0.220 e. The van der Waals surface area contributed by atoms with Crippen molar-refractivity contribution in [3.8, 4) is 5.75 Å². The highest BCUT2D eigenvalue weighted by Gasteiger charge is 2.02. The van der Waals surface area contributed by atoms with Crippen LogP contribution in [0.4, 0.5) is 0 Å². The number of carbonyl (C=O) groups is 3. The van der Waals surface area contributed by atoms with Crippen LogP contribution in [-0.2, 0) is 9.59 Å². The molecule has 6 nitrogen and oxygen atoms in total. The van der Waals surface area contributed by atoms with Crippen LogP contribution in [-0.4, -0.2) is 37.3 Å². The molecule has 120 valence electrons. The number of hydrogen-bond donors (Lipinski definition) is 2. The lowest BCUT2D eigenvalue weighted by molar-refractivity contribution is -0.122. The van der Waals surface area contributed by atoms with E-state index in [2.05, 4.69) is 10.6 Å². The van der Waals surface area contributed by atoms with E-state index < -0.39 is 0 Å². The number of rotatable bonds is 9. The maximum absolute atomic E-state index is 11.5. The van der Waals surface area contributed by atoms with Gasteiger partial charge in [0.2, 0.25) is 11.8 Å². The van der Waals surface area contributed by atoms with Crippen LogP contribution < -0.4 is 15.4 Å². The number of benzene rings is 1. The summed E-state index contributed by atoms with van der Waals surface area (Å²) in [6, 6.07) is 6.91. The number of ketones is 1. The van der Waals surface area contributed by atoms with E-state index in [0.29, 0.717) is 43.9 Å². The van der Waals surface area contributed by atoms with E-state index in [9.17, 15) is 14.4 Å². The lowest BCUT2D eigenvalue weighted by Gasteiger charge is -2.07. The van der Waals surface area contributed by atoms with Crippen molar-refractivity contribution in [1.82, 2.24) is 10.6 Å². The van der Waals surface area contributed by atoms with Crippen LogP contribution in [0.15, 0.2) is 24.3 Å². The van der Waals surface area contributed by atoms with Gasteiger partial charge in [-0.3, -0.25) is 14.4 Å². The Hall–Kier alpha value is -2.37. The summed E-state index contributed by atoms with van der Waals surface area (Å²) < 4.78 is 5.50. The summed E-state index contributed by atoms with van der Waals surface area (Å²) >= 11 is 0. The molecule has 0 radical (unpaired) electrons. The van der Waals surface area contributed by atoms with E-state index in [1.165, 1.54) is 13.8 Å². The van der Waals surface area contributed by atoms with Gasteiger partial charge in [-0.1, -0.05) is 0 Å². The van der Waals surface area contributed by atoms with Crippen molar-refractivity contribution in [3.63, 3.8) is 0 Å². The van der Waals surface area contributed by atoms with Gasteiger partial charge in [0.25, 0.3) is 0 Å². The van der Waals surface area contributed by atoms with Crippen molar-refractivity contribution < 1.29 is 19.1 Å². The standard InChI is InChI=1S/C16H22N2O4/c1-12(19)14-5-7-15(8-6-14)22-11-3-4-16(21)18-10-9-17-13(2)20/h5-8H,3-4,9-11H2,1-2H3,(H,17,20)(H,18,21). The molecule has 0 spiro atoms. The molecule has 0 unspecified atom stereocenters. The number of Topliss-reactive ketones (excluding diaryl/α,β-unsaturated/α-hetero) is 1. The third-order valence-electron chi connectivity index (χ3n) is 2.90. The zero-order valence-electron chi connectivity index (χ0n) is 13.0. The van der Waals surface area contributed by atoms with E-state index >= 15 is 0 Å². The summed E-state index contributed by atoms with van der Waals surface area (Å²) in [6.45, 7) is 4.23. The molecule has 22 heavy (non-hydrogen) atoms. The number of ether oxygens (including phenoxy) is 1. The average Bonchev–Trinajstić information content (AvgIpc) is 2.48. The third kappa shape index (κ3) is 7.42. The lowest BCUT2D eigenvalue weighted by atomic mass is 10.1. The van der Waals surface area contributed by atoms with Gasteiger partial charge >= 0.3 is 0 Å². The van der Waals surface area contributed by atoms with Crippen LogP contribution in [0, 0.1) is 0 Å². The molecule has 0 aliphatic carbocycles. The fourth-order valence-electron chi connectivity index (χ4n) is 1.74. The molecule has 0 atom stereocenters. The minimum absolute atomic E-state index is 0.0162. The fraction of sp³-hybridized carbons (Fsp3) is 0.438. The van der Waals surface area contributed by atoms with Gasteiger partial charge in [0.05, 0.1) is 6.61 Å². The first-order valence-corrected chi connectivity index (χ1v) is 7.24. The molecule has 0 saturated heterocycles. The Morgan fingerprint density at radius 1 is 1.00 bits per heavy atom. The van der Waals surface area contributed by atoms with Gasteiger partial charge in [0, 0.05) is 32.0 Å². The Morgan fingerprint density at radius 2 is 1.64 bits per heavy atom. The molecule has 1 aromatic rings. The molecule has 2 N–H and O–H groups in total. The SMILES string of the molecule is CC(=O)NCCNC(=O)CCCOc1ccc(C(C)=O)cc1. The number of amides is 2. The summed E-state index contributed by atoms with van der Waals surface area (Å²) in [5.74, 6) is 0.512. The monoisotopic (exact) mass is 306 g/mol. The molecule has 0 aliphatic heterocycles. The van der Waals surface area contributed by atoms with Gasteiger partial charge in [-0.15, -0.1) is 0 Å². The Kier molecular flexibility index (Phi) is 7.67. The van der Waals surface area contributed by atoms with Crippen LogP contribution in [0.25, 0.3) is 0 Å². The number of nitrogens with one attached hydrogen (secondary N) is 2. The zero-order chi connectivity index (χ0) is 16.4. The van der Waals surface area contributed by atoms with Gasteiger partial charge in [-0.2, -0.15) is 0 Å². The first-order valence-electron chi connectivity index (χ1n) is 7.24. The topological polar surface area (TPSA) is 84.5 Å². The highest BCUT2D eigenvalue weighted by atomic mass is 16.5. The minimum Gasteiger partial charge on any atom is -0.494 e. The minimum atomic E-state index is -0.113. The molecule has 0 heterocycles. The van der Waals surface area contributed by atoms with Crippen molar-refractivity contribution in [2.45, 2.75) is 26.7 Å². The van der Waals surface area contributed by atoms with Crippen LogP contribution in [0.5, 0.6) is 5.75 Å². The normalized spacial score (nSPS) is 9.91. The molecular weight excluding hydrogens is 284 g/mol. The summed E-state index contributed by atoms with van der Waals surface area (Å²) in [5.41, 5.74) is 0.644. The first-order chi connectivity index (χ1) is 10.5. The van der Waals surface area contributed by atoms with E-state index in [1.807, 2.05) is 0 Å². The van der Waals surface area contributed by atoms with Crippen LogP contribution in [0.3, 0.4) is 0 Å². The second kappa shape index (κ2) is 9.55. The Labute approximate surface area is 130 Å². The van der Waals surface area contributed by atoms with Crippen molar-refractivity contribution >= 4 is 17.6 Å². The molecule has 0 aromatic heterocycles. The number of hydrogen-bond acceptors (Lipinski definition) is 4. The van der Waals surface area contributed by atoms with E-state index in [-0.39, 0.29) is 17.6 Å². The highest BCUT2D eigenvalue weighted by Crippen LogP contribution is 2.12. The van der Waals surface area contributed by atoms with E-state index in [4.69, 9.17) is 4.74 Å². The highest BCUT2D eigenvalue weighted by molar-refractivity contribution is 5.94. The second-order valence-corrected chi connectivity index (χ2v) is 4.87. The van der Waals surface area contributed by atoms with E-state index in [1.54, 1.807) is 24.3 Å². The Morgan fingerprint density at radius 3 is 2.23 bits per heavy atom. The maximum Gasteiger partial charge on any atom is 0.220 e. The number of carbonyl (C=O) groups excluding carboxylic acids is 3. The van der Waals surface area contributed by atoms with Crippen LogP contribution >= 0.6 is 0 Å². The molecule has 6 heteroatoms. The zero-order valence-corrected chi connectivity index (χ0v) is 13.0. The van der Waals surface area contributed by atoms with Gasteiger partial charge in [-0.25, -0.2) is 0 Å². The summed E-state index contributed by atoms with van der Waals surface area (Å²) in [6.07, 6.45) is 0.964. The molecule has 0 saturated carbocycles. The molecule has 1 aromatic carbocycles. The summed E-state index contributed by atoms with van der Waals surface area (Å²) in [5, 5.41) is 5.31. The third-order valence-corrected chi connectivity index (χ3v) is 2.90. The average molecular weight is 306 g/mol. The van der Waals surface area contributed by atoms with Gasteiger partial charge in [-0.05, 0) is 37.6 Å². The van der Waals surface area contributed by atoms with Gasteiger partial charge in [0.15, 0.2) is 5.78 Å². The van der Waals surface area contributed by atoms with Crippen molar-refractivity contribution in [2.24, 2.45) is 0 Å².